The molecule has 0 aromatic heterocycles. The molecule has 1 rings (SSSR count). The molecule has 92 valence electrons. The third kappa shape index (κ3) is 7.78. The smallest absolute Gasteiger partial charge is 0.465 e. The molecule has 0 bridgehead atoms. The van der Waals surface area contributed by atoms with Crippen LogP contribution in [0.2, 0.25) is 0 Å². The lowest BCUT2D eigenvalue weighted by molar-refractivity contribution is 0.0601. The van der Waals surface area contributed by atoms with Crippen molar-refractivity contribution in [1.82, 2.24) is 0 Å². The Kier molecular flexibility index (Phi) is 5.67. The summed E-state index contributed by atoms with van der Waals surface area (Å²) in [6, 6.07) is 6.21. The normalized spacial score (nSPS) is 9.65. The molecule has 9 heteroatoms. The van der Waals surface area contributed by atoms with E-state index >= 15 is 0 Å². The summed E-state index contributed by atoms with van der Waals surface area (Å²) in [5.41, 5.74) is 0.700. The van der Waals surface area contributed by atoms with Gasteiger partial charge in [-0.15, -0.1) is 0 Å². The van der Waals surface area contributed by atoms with Crippen LogP contribution in [0, 0.1) is 5.39 Å². The van der Waals surface area contributed by atoms with Crippen molar-refractivity contribution in [2.75, 3.05) is 7.11 Å². The summed E-state index contributed by atoms with van der Waals surface area (Å²) in [5.74, 6) is -0.444. The lowest BCUT2D eigenvalue weighted by Gasteiger charge is -1.94. The van der Waals surface area contributed by atoms with E-state index in [-0.39, 0.29) is 0 Å². The van der Waals surface area contributed by atoms with E-state index in [4.69, 9.17) is 5.39 Å². The highest BCUT2D eigenvalue weighted by atomic mass is 19.5. The number of diazo groups is 1. The standard InChI is InChI=1S/C8H7N2O2.BF4/c1-12-8(11)6-3-2-4-7(5-6)10-9;2-1(3,4)5/h2-5H,1H3;/q+1;-1. The second kappa shape index (κ2) is 6.47. The quantitative estimate of drug-likeness (QED) is 0.332. The molecule has 0 spiro atoms. The Labute approximate surface area is 93.9 Å². The van der Waals surface area contributed by atoms with E-state index in [2.05, 4.69) is 9.71 Å². The van der Waals surface area contributed by atoms with Crippen LogP contribution in [0.15, 0.2) is 24.3 Å². The van der Waals surface area contributed by atoms with Crippen molar-refractivity contribution in [1.29, 1.82) is 5.39 Å². The molecule has 0 atom stereocenters. The molecule has 4 nitrogen and oxygen atoms in total. The molecule has 1 aromatic rings. The van der Waals surface area contributed by atoms with Crippen LogP contribution in [0.25, 0.3) is 4.98 Å². The van der Waals surface area contributed by atoms with Gasteiger partial charge in [0.25, 0.3) is 0 Å². The summed E-state index contributed by atoms with van der Waals surface area (Å²) in [7, 11) is -4.70. The minimum Gasteiger partial charge on any atom is -0.465 e. The first kappa shape index (κ1) is 14.9. The Bertz CT molecular complexity index is 424. The summed E-state index contributed by atoms with van der Waals surface area (Å²) in [4.78, 5) is 13.9. The van der Waals surface area contributed by atoms with E-state index < -0.39 is 13.2 Å². The average Bonchev–Trinajstić information content (AvgIpc) is 2.26. The van der Waals surface area contributed by atoms with Gasteiger partial charge in [-0.3, -0.25) is 0 Å². The van der Waals surface area contributed by atoms with Crippen LogP contribution in [0.4, 0.5) is 23.0 Å². The van der Waals surface area contributed by atoms with Crippen LogP contribution >= 0.6 is 0 Å². The molecule has 0 amide bonds. The molecule has 0 fully saturated rings. The van der Waals surface area contributed by atoms with Gasteiger partial charge in [0.05, 0.1) is 12.7 Å². The van der Waals surface area contributed by atoms with E-state index in [1.807, 2.05) is 0 Å². The fraction of sp³-hybridized carbons (Fsp3) is 0.125. The lowest BCUT2D eigenvalue weighted by atomic mass is 10.2. The molecule has 0 unspecified atom stereocenters. The van der Waals surface area contributed by atoms with Crippen molar-refractivity contribution in [2.24, 2.45) is 0 Å². The van der Waals surface area contributed by atoms with Crippen molar-refractivity contribution in [3.8, 4) is 0 Å². The number of esters is 1. The number of hydrogen-bond acceptors (Lipinski definition) is 3. The van der Waals surface area contributed by atoms with Crippen molar-refractivity contribution in [3.05, 3.63) is 34.8 Å². The zero-order valence-electron chi connectivity index (χ0n) is 8.61. The van der Waals surface area contributed by atoms with Crippen LogP contribution in [-0.4, -0.2) is 20.3 Å². The van der Waals surface area contributed by atoms with Gasteiger partial charge in [-0.25, -0.2) is 4.79 Å². The largest absolute Gasteiger partial charge is 0.673 e. The number of benzene rings is 1. The number of ether oxygens (including phenoxy) is 1. The van der Waals surface area contributed by atoms with Crippen molar-refractivity contribution >= 4 is 18.9 Å². The molecular weight excluding hydrogens is 243 g/mol. The summed E-state index contributed by atoms with van der Waals surface area (Å²) >= 11 is 0. The van der Waals surface area contributed by atoms with Gasteiger partial charge in [0.2, 0.25) is 5.39 Å². The van der Waals surface area contributed by atoms with Gasteiger partial charge in [-0.05, 0) is 6.07 Å². The second-order valence-electron chi connectivity index (χ2n) is 2.64. The molecule has 0 radical (unpaired) electrons. The molecule has 0 aliphatic carbocycles. The van der Waals surface area contributed by atoms with Gasteiger partial charge in [0, 0.05) is 12.1 Å². The molecule has 0 heterocycles. The molecular formula is C8H7BF4N2O2. The Morgan fingerprint density at radius 3 is 2.29 bits per heavy atom. The Morgan fingerprint density at radius 2 is 1.88 bits per heavy atom. The van der Waals surface area contributed by atoms with Gasteiger partial charge < -0.3 is 22.0 Å². The third-order valence-electron chi connectivity index (χ3n) is 1.38. The summed E-state index contributed by atoms with van der Waals surface area (Å²) in [5, 5.41) is 8.39. The lowest BCUT2D eigenvalue weighted by Crippen LogP contribution is -2.02. The van der Waals surface area contributed by atoms with E-state index in [9.17, 15) is 22.1 Å². The number of halogens is 4. The Hall–Kier alpha value is -2.11. The first-order chi connectivity index (χ1) is 7.77. The fourth-order valence-electron chi connectivity index (χ4n) is 0.813. The van der Waals surface area contributed by atoms with Crippen molar-refractivity contribution < 1.29 is 26.8 Å². The van der Waals surface area contributed by atoms with E-state index in [1.165, 1.54) is 13.2 Å². The van der Waals surface area contributed by atoms with Gasteiger partial charge in [-0.2, -0.15) is 0 Å². The van der Waals surface area contributed by atoms with E-state index in [0.29, 0.717) is 11.3 Å². The molecule has 0 N–H and O–H groups in total. The highest BCUT2D eigenvalue weighted by Gasteiger charge is 2.20. The highest BCUT2D eigenvalue weighted by molar-refractivity contribution is 6.50. The fourth-order valence-corrected chi connectivity index (χ4v) is 0.813. The van der Waals surface area contributed by atoms with Crippen LogP contribution < -0.4 is 0 Å². The van der Waals surface area contributed by atoms with Crippen LogP contribution in [0.3, 0.4) is 0 Å². The minimum atomic E-state index is -6.00. The maximum absolute atomic E-state index is 10.9. The number of rotatable bonds is 1. The van der Waals surface area contributed by atoms with Gasteiger partial charge in [0.1, 0.15) is 0 Å². The zero-order chi connectivity index (χ0) is 13.5. The topological polar surface area (TPSA) is 54.5 Å². The number of carbonyl (C=O) groups is 1. The SMILES string of the molecule is COC(=O)c1cccc([N+]#N)c1.F[B-](F)(F)F. The third-order valence-corrected chi connectivity index (χ3v) is 1.38. The van der Waals surface area contributed by atoms with Gasteiger partial charge in [0.15, 0.2) is 4.98 Å². The number of carbonyl (C=O) groups excluding carboxylic acids is 1. The predicted octanol–water partition coefficient (Wildman–Crippen LogP) is 3.26. The van der Waals surface area contributed by atoms with Crippen LogP contribution in [0.1, 0.15) is 10.4 Å². The van der Waals surface area contributed by atoms with Crippen LogP contribution in [-0.2, 0) is 4.74 Å². The summed E-state index contributed by atoms with van der Waals surface area (Å²) < 4.78 is 43.5. The van der Waals surface area contributed by atoms with E-state index in [1.54, 1.807) is 18.2 Å². The van der Waals surface area contributed by atoms with E-state index in [0.717, 1.165) is 0 Å². The first-order valence-corrected chi connectivity index (χ1v) is 4.18. The number of nitrogens with zero attached hydrogens (tertiary/aromatic N) is 2. The monoisotopic (exact) mass is 250 g/mol. The first-order valence-electron chi connectivity index (χ1n) is 4.18. The number of hydrogen-bond donors (Lipinski definition) is 0. The zero-order valence-corrected chi connectivity index (χ0v) is 8.61. The predicted molar refractivity (Wildman–Crippen MR) is 52.7 cm³/mol. The summed E-state index contributed by atoms with van der Waals surface area (Å²) in [6.07, 6.45) is 0. The average molecular weight is 250 g/mol. The van der Waals surface area contributed by atoms with Crippen molar-refractivity contribution in [2.45, 2.75) is 0 Å². The maximum Gasteiger partial charge on any atom is 0.673 e. The second-order valence-corrected chi connectivity index (χ2v) is 2.64. The molecule has 0 saturated carbocycles. The van der Waals surface area contributed by atoms with Crippen molar-refractivity contribution in [3.63, 3.8) is 0 Å². The minimum absolute atomic E-state index is 0.331. The number of methoxy groups -OCH3 is 1. The highest BCUT2D eigenvalue weighted by Crippen LogP contribution is 2.13. The Balaban J connectivity index is 0.000000437. The Morgan fingerprint density at radius 1 is 1.35 bits per heavy atom. The molecule has 0 saturated heterocycles. The maximum atomic E-state index is 10.9. The summed E-state index contributed by atoms with van der Waals surface area (Å²) in [6.45, 7) is 0. The van der Waals surface area contributed by atoms with Gasteiger partial charge in [-0.1, -0.05) is 6.07 Å². The molecule has 0 aliphatic heterocycles. The molecule has 1 aromatic carbocycles. The molecule has 0 aliphatic rings. The van der Waals surface area contributed by atoms with Crippen LogP contribution in [0.5, 0.6) is 0 Å². The van der Waals surface area contributed by atoms with Gasteiger partial charge >= 0.3 is 18.9 Å². The molecule has 17 heavy (non-hydrogen) atoms.